The summed E-state index contributed by atoms with van der Waals surface area (Å²) in [4.78, 5) is 14.0. The van der Waals surface area contributed by atoms with E-state index in [0.29, 0.717) is 19.1 Å². The predicted molar refractivity (Wildman–Crippen MR) is 66.1 cm³/mol. The number of aliphatic hydroxyl groups is 1. The van der Waals surface area contributed by atoms with Crippen molar-refractivity contribution in [3.05, 3.63) is 0 Å². The molecule has 0 aromatic rings. The van der Waals surface area contributed by atoms with Crippen LogP contribution in [0.3, 0.4) is 0 Å². The van der Waals surface area contributed by atoms with Crippen LogP contribution in [0.5, 0.6) is 0 Å². The van der Waals surface area contributed by atoms with Crippen LogP contribution in [0.4, 0.5) is 0 Å². The molecule has 0 saturated carbocycles. The number of hydrogen-bond acceptors (Lipinski definition) is 4. The minimum atomic E-state index is -0.662. The van der Waals surface area contributed by atoms with Gasteiger partial charge in [0.15, 0.2) is 0 Å². The number of ether oxygens (including phenoxy) is 2. The number of carbonyl (C=O) groups excluding carboxylic acids is 1. The molecule has 5 nitrogen and oxygen atoms in total. The van der Waals surface area contributed by atoms with E-state index in [-0.39, 0.29) is 12.5 Å². The van der Waals surface area contributed by atoms with Crippen LogP contribution >= 0.6 is 0 Å². The molecular formula is C13H23NO4. The first kappa shape index (κ1) is 13.8. The Balaban J connectivity index is 1.76. The lowest BCUT2D eigenvalue weighted by atomic mass is 9.85. The van der Waals surface area contributed by atoms with Crippen LogP contribution in [-0.2, 0) is 14.3 Å². The summed E-state index contributed by atoms with van der Waals surface area (Å²) >= 11 is 0. The number of nitrogens with zero attached hydrogens (tertiary/aromatic N) is 1. The lowest BCUT2D eigenvalue weighted by Crippen LogP contribution is -2.56. The zero-order valence-electron chi connectivity index (χ0n) is 11.1. The minimum Gasteiger partial charge on any atom is -0.395 e. The Bertz CT molecular complexity index is 279. The molecule has 0 aromatic heterocycles. The maximum Gasteiger partial charge on any atom is 0.235 e. The third-order valence-electron chi connectivity index (χ3n) is 4.07. The Morgan fingerprint density at radius 3 is 2.50 bits per heavy atom. The van der Waals surface area contributed by atoms with Crippen LogP contribution in [0.15, 0.2) is 0 Å². The maximum absolute atomic E-state index is 12.2. The average molecular weight is 257 g/mol. The molecule has 1 N–H and O–H groups in total. The highest BCUT2D eigenvalue weighted by molar-refractivity contribution is 5.83. The number of carbonyl (C=O) groups is 1. The average Bonchev–Trinajstić information content (AvgIpc) is 2.36. The largest absolute Gasteiger partial charge is 0.395 e. The van der Waals surface area contributed by atoms with E-state index in [9.17, 15) is 9.90 Å². The first-order valence-corrected chi connectivity index (χ1v) is 6.70. The van der Waals surface area contributed by atoms with Crippen molar-refractivity contribution in [2.45, 2.75) is 19.3 Å². The second-order valence-electron chi connectivity index (χ2n) is 5.50. The molecule has 2 heterocycles. The molecule has 2 saturated heterocycles. The molecule has 18 heavy (non-hydrogen) atoms. The van der Waals surface area contributed by atoms with Gasteiger partial charge in [0.1, 0.15) is 5.41 Å². The minimum absolute atomic E-state index is 0.0170. The van der Waals surface area contributed by atoms with Crippen molar-refractivity contribution in [3.8, 4) is 0 Å². The van der Waals surface area contributed by atoms with Gasteiger partial charge in [-0.3, -0.25) is 4.79 Å². The van der Waals surface area contributed by atoms with Gasteiger partial charge in [-0.1, -0.05) is 0 Å². The van der Waals surface area contributed by atoms with Gasteiger partial charge in [0.05, 0.1) is 19.8 Å². The summed E-state index contributed by atoms with van der Waals surface area (Å²) in [5.41, 5.74) is -0.662. The topological polar surface area (TPSA) is 59.0 Å². The van der Waals surface area contributed by atoms with Gasteiger partial charge < -0.3 is 19.5 Å². The Kier molecular flexibility index (Phi) is 4.59. The summed E-state index contributed by atoms with van der Waals surface area (Å²) in [5.74, 6) is 0.681. The van der Waals surface area contributed by atoms with Gasteiger partial charge in [0.25, 0.3) is 0 Å². The molecule has 2 rings (SSSR count). The van der Waals surface area contributed by atoms with E-state index >= 15 is 0 Å². The third-order valence-corrected chi connectivity index (χ3v) is 4.07. The van der Waals surface area contributed by atoms with Crippen molar-refractivity contribution in [3.63, 3.8) is 0 Å². The second kappa shape index (κ2) is 5.99. The van der Waals surface area contributed by atoms with E-state index < -0.39 is 5.41 Å². The molecular weight excluding hydrogens is 234 g/mol. The van der Waals surface area contributed by atoms with Gasteiger partial charge in [-0.05, 0) is 25.2 Å². The molecule has 0 aromatic carbocycles. The summed E-state index contributed by atoms with van der Waals surface area (Å²) < 4.78 is 10.4. The highest BCUT2D eigenvalue weighted by atomic mass is 16.5. The molecule has 0 spiro atoms. The summed E-state index contributed by atoms with van der Waals surface area (Å²) in [6.45, 7) is 3.03. The van der Waals surface area contributed by atoms with E-state index in [1.54, 1.807) is 4.90 Å². The summed E-state index contributed by atoms with van der Waals surface area (Å²) in [6.07, 6.45) is 3.21. The lowest BCUT2D eigenvalue weighted by Gasteiger charge is -2.41. The van der Waals surface area contributed by atoms with E-state index in [0.717, 1.165) is 39.0 Å². The number of rotatable bonds is 5. The fraction of sp³-hybridized carbons (Fsp3) is 0.923. The van der Waals surface area contributed by atoms with Crippen molar-refractivity contribution < 1.29 is 19.4 Å². The van der Waals surface area contributed by atoms with Crippen LogP contribution in [0.25, 0.3) is 0 Å². The fourth-order valence-corrected chi connectivity index (χ4v) is 2.55. The summed E-state index contributed by atoms with van der Waals surface area (Å²) in [6, 6.07) is 0. The fourth-order valence-electron chi connectivity index (χ4n) is 2.55. The monoisotopic (exact) mass is 257 g/mol. The van der Waals surface area contributed by atoms with Crippen LogP contribution in [-0.4, -0.2) is 62.5 Å². The maximum atomic E-state index is 12.2. The third kappa shape index (κ3) is 2.84. The molecule has 0 bridgehead atoms. The van der Waals surface area contributed by atoms with Crippen molar-refractivity contribution >= 4 is 5.91 Å². The zero-order chi connectivity index (χ0) is 13.0. The molecule has 2 aliphatic rings. The molecule has 1 amide bonds. The predicted octanol–water partition coefficient (Wildman–Crippen LogP) is 0.270. The zero-order valence-corrected chi connectivity index (χ0v) is 11.1. The molecule has 5 heteroatoms. The highest BCUT2D eigenvalue weighted by Gasteiger charge is 2.46. The quantitative estimate of drug-likeness (QED) is 0.768. The molecule has 0 unspecified atom stereocenters. The van der Waals surface area contributed by atoms with Gasteiger partial charge in [-0.2, -0.15) is 0 Å². The molecule has 0 aliphatic carbocycles. The highest BCUT2D eigenvalue weighted by Crippen LogP contribution is 2.29. The SMILES string of the molecule is CN(CCC1CCOCC1)C(=O)C1(CO)COC1. The van der Waals surface area contributed by atoms with E-state index in [4.69, 9.17) is 9.47 Å². The number of hydrogen-bond donors (Lipinski definition) is 1. The Morgan fingerprint density at radius 2 is 2.00 bits per heavy atom. The van der Waals surface area contributed by atoms with Crippen molar-refractivity contribution in [1.82, 2.24) is 4.90 Å². The first-order chi connectivity index (χ1) is 8.68. The molecule has 0 radical (unpaired) electrons. The number of amides is 1. The van der Waals surface area contributed by atoms with Crippen molar-refractivity contribution in [2.75, 3.05) is 46.6 Å². The van der Waals surface area contributed by atoms with Crippen LogP contribution < -0.4 is 0 Å². The van der Waals surface area contributed by atoms with Crippen molar-refractivity contribution in [1.29, 1.82) is 0 Å². The van der Waals surface area contributed by atoms with Crippen LogP contribution in [0.1, 0.15) is 19.3 Å². The van der Waals surface area contributed by atoms with Gasteiger partial charge in [0.2, 0.25) is 5.91 Å². The Morgan fingerprint density at radius 1 is 1.33 bits per heavy atom. The van der Waals surface area contributed by atoms with Gasteiger partial charge in [-0.25, -0.2) is 0 Å². The molecule has 104 valence electrons. The summed E-state index contributed by atoms with van der Waals surface area (Å²) in [7, 11) is 1.82. The second-order valence-corrected chi connectivity index (χ2v) is 5.50. The van der Waals surface area contributed by atoms with Gasteiger partial charge in [-0.15, -0.1) is 0 Å². The normalized spacial score (nSPS) is 23.4. The van der Waals surface area contributed by atoms with Crippen molar-refractivity contribution in [2.24, 2.45) is 11.3 Å². The van der Waals surface area contributed by atoms with Gasteiger partial charge in [0, 0.05) is 26.8 Å². The summed E-state index contributed by atoms with van der Waals surface area (Å²) in [5, 5.41) is 9.33. The van der Waals surface area contributed by atoms with E-state index in [1.165, 1.54) is 0 Å². The molecule has 2 fully saturated rings. The number of aliphatic hydroxyl groups excluding tert-OH is 1. The van der Waals surface area contributed by atoms with Crippen LogP contribution in [0.2, 0.25) is 0 Å². The molecule has 2 aliphatic heterocycles. The van der Waals surface area contributed by atoms with E-state index in [1.807, 2.05) is 7.05 Å². The van der Waals surface area contributed by atoms with E-state index in [2.05, 4.69) is 0 Å². The van der Waals surface area contributed by atoms with Gasteiger partial charge >= 0.3 is 0 Å². The van der Waals surface area contributed by atoms with Crippen LogP contribution in [0, 0.1) is 11.3 Å². The molecule has 0 atom stereocenters. The first-order valence-electron chi connectivity index (χ1n) is 6.70. The Labute approximate surface area is 108 Å². The lowest BCUT2D eigenvalue weighted by molar-refractivity contribution is -0.179. The standard InChI is InChI=1S/C13H23NO4/c1-14(5-2-11-3-6-17-7-4-11)12(16)13(8-15)9-18-10-13/h11,15H,2-10H2,1H3. The smallest absolute Gasteiger partial charge is 0.235 e. The Hall–Kier alpha value is -0.650.